The first kappa shape index (κ1) is 13.5. The van der Waals surface area contributed by atoms with Gasteiger partial charge >= 0.3 is 6.09 Å². The summed E-state index contributed by atoms with van der Waals surface area (Å²) in [6.07, 6.45) is 2.79. The molecule has 0 spiro atoms. The molecule has 0 radical (unpaired) electrons. The Hall–Kier alpha value is -1.51. The third kappa shape index (κ3) is 2.54. The van der Waals surface area contributed by atoms with Gasteiger partial charge in [0.1, 0.15) is 0 Å². The normalized spacial score (nSPS) is 25.4. The molecule has 0 aromatic heterocycles. The molecule has 0 saturated heterocycles. The van der Waals surface area contributed by atoms with Gasteiger partial charge in [0.2, 0.25) is 0 Å². The fourth-order valence-corrected chi connectivity index (χ4v) is 3.18. The molecule has 2 atom stereocenters. The van der Waals surface area contributed by atoms with E-state index < -0.39 is 6.09 Å². The van der Waals surface area contributed by atoms with E-state index in [2.05, 4.69) is 24.3 Å². The molecule has 1 aromatic carbocycles. The van der Waals surface area contributed by atoms with Gasteiger partial charge in [0, 0.05) is 17.5 Å². The van der Waals surface area contributed by atoms with Gasteiger partial charge in [-0.1, -0.05) is 24.3 Å². The van der Waals surface area contributed by atoms with Crippen LogP contribution in [0.2, 0.25) is 0 Å². The first-order valence-electron chi connectivity index (χ1n) is 7.50. The van der Waals surface area contributed by atoms with Crippen LogP contribution < -0.4 is 0 Å². The Bertz CT molecular complexity index is 511. The third-order valence-electron chi connectivity index (χ3n) is 4.43. The van der Waals surface area contributed by atoms with Gasteiger partial charge in [-0.2, -0.15) is 0 Å². The molecular formula is C17H23NO2. The van der Waals surface area contributed by atoms with Crippen molar-refractivity contribution in [2.24, 2.45) is 0 Å². The lowest BCUT2D eigenvalue weighted by molar-refractivity contribution is 0.0940. The van der Waals surface area contributed by atoms with Crippen molar-refractivity contribution in [3.63, 3.8) is 0 Å². The second kappa shape index (κ2) is 4.51. The van der Waals surface area contributed by atoms with Crippen molar-refractivity contribution >= 4 is 6.09 Å². The van der Waals surface area contributed by atoms with Gasteiger partial charge in [-0.15, -0.1) is 0 Å². The average molecular weight is 273 g/mol. The predicted octanol–water partition coefficient (Wildman–Crippen LogP) is 4.20. The Kier molecular flexibility index (Phi) is 3.03. The summed E-state index contributed by atoms with van der Waals surface area (Å²) in [5.41, 5.74) is 2.39. The maximum absolute atomic E-state index is 11.5. The predicted molar refractivity (Wildman–Crippen MR) is 79.2 cm³/mol. The van der Waals surface area contributed by atoms with Gasteiger partial charge in [-0.3, -0.25) is 4.90 Å². The molecule has 2 saturated carbocycles. The monoisotopic (exact) mass is 273 g/mol. The van der Waals surface area contributed by atoms with E-state index in [1.807, 2.05) is 20.8 Å². The van der Waals surface area contributed by atoms with Crippen molar-refractivity contribution in [1.29, 1.82) is 0 Å². The molecular weight excluding hydrogens is 250 g/mol. The second-order valence-corrected chi connectivity index (χ2v) is 7.17. The van der Waals surface area contributed by atoms with E-state index >= 15 is 0 Å². The Morgan fingerprint density at radius 3 is 2.15 bits per heavy atom. The largest absolute Gasteiger partial charge is 0.465 e. The Morgan fingerprint density at radius 1 is 1.15 bits per heavy atom. The molecule has 1 N–H and O–H groups in total. The van der Waals surface area contributed by atoms with Gasteiger partial charge in [0.05, 0.1) is 0 Å². The number of hydrogen-bond acceptors (Lipinski definition) is 1. The van der Waals surface area contributed by atoms with Crippen LogP contribution in [0.1, 0.15) is 63.0 Å². The minimum atomic E-state index is -0.806. The Balaban J connectivity index is 1.72. The highest BCUT2D eigenvalue weighted by Crippen LogP contribution is 2.48. The summed E-state index contributed by atoms with van der Waals surface area (Å²) in [5, 5.41) is 9.44. The number of carbonyl (C=O) groups is 1. The lowest BCUT2D eigenvalue weighted by Crippen LogP contribution is -2.46. The number of carboxylic acid groups (broad SMARTS) is 1. The molecule has 2 aliphatic carbocycles. The summed E-state index contributed by atoms with van der Waals surface area (Å²) < 4.78 is 0. The van der Waals surface area contributed by atoms with Gasteiger partial charge in [-0.25, -0.2) is 4.79 Å². The van der Waals surface area contributed by atoms with Crippen molar-refractivity contribution < 1.29 is 9.90 Å². The van der Waals surface area contributed by atoms with E-state index in [-0.39, 0.29) is 11.6 Å². The van der Waals surface area contributed by atoms with E-state index in [0.29, 0.717) is 5.92 Å². The number of nitrogens with zero attached hydrogens (tertiary/aromatic N) is 1. The van der Waals surface area contributed by atoms with Crippen LogP contribution in [0.25, 0.3) is 0 Å². The summed E-state index contributed by atoms with van der Waals surface area (Å²) in [4.78, 5) is 13.1. The number of rotatable bonds is 3. The second-order valence-electron chi connectivity index (χ2n) is 7.17. The zero-order valence-electron chi connectivity index (χ0n) is 12.5. The fourth-order valence-electron chi connectivity index (χ4n) is 3.18. The van der Waals surface area contributed by atoms with E-state index in [9.17, 15) is 9.90 Å². The molecule has 0 heterocycles. The third-order valence-corrected chi connectivity index (χ3v) is 4.43. The van der Waals surface area contributed by atoms with Gasteiger partial charge in [-0.05, 0) is 57.1 Å². The van der Waals surface area contributed by atoms with E-state index in [1.54, 1.807) is 4.90 Å². The number of hydrogen-bond donors (Lipinski definition) is 1. The van der Waals surface area contributed by atoms with Crippen LogP contribution in [0.15, 0.2) is 24.3 Å². The van der Waals surface area contributed by atoms with Crippen molar-refractivity contribution in [1.82, 2.24) is 4.90 Å². The molecule has 3 nitrogen and oxygen atoms in total. The highest BCUT2D eigenvalue weighted by atomic mass is 16.4. The summed E-state index contributed by atoms with van der Waals surface area (Å²) in [5.74, 6) is 1.16. The van der Waals surface area contributed by atoms with Crippen molar-refractivity contribution in [3.05, 3.63) is 35.4 Å². The van der Waals surface area contributed by atoms with Crippen LogP contribution in [-0.4, -0.2) is 27.7 Å². The van der Waals surface area contributed by atoms with E-state index in [4.69, 9.17) is 0 Å². The molecule has 3 rings (SSSR count). The maximum Gasteiger partial charge on any atom is 0.408 e. The lowest BCUT2D eigenvalue weighted by atomic mass is 10.0. The molecule has 0 bridgehead atoms. The minimum Gasteiger partial charge on any atom is -0.465 e. The summed E-state index contributed by atoms with van der Waals surface area (Å²) >= 11 is 0. The molecule has 20 heavy (non-hydrogen) atoms. The lowest BCUT2D eigenvalue weighted by Gasteiger charge is -2.33. The smallest absolute Gasteiger partial charge is 0.408 e. The van der Waals surface area contributed by atoms with Crippen LogP contribution in [0.5, 0.6) is 0 Å². The first-order valence-corrected chi connectivity index (χ1v) is 7.50. The molecule has 0 aliphatic heterocycles. The molecule has 3 heteroatoms. The van der Waals surface area contributed by atoms with Gasteiger partial charge in [0.25, 0.3) is 0 Å². The van der Waals surface area contributed by atoms with Crippen molar-refractivity contribution in [2.75, 3.05) is 0 Å². The summed E-state index contributed by atoms with van der Waals surface area (Å²) in [6.45, 7) is 5.89. The molecule has 1 amide bonds. The fraction of sp³-hybridized carbons (Fsp3) is 0.588. The summed E-state index contributed by atoms with van der Waals surface area (Å²) in [7, 11) is 0. The molecule has 2 fully saturated rings. The Labute approximate surface area is 120 Å². The van der Waals surface area contributed by atoms with Gasteiger partial charge in [0.15, 0.2) is 0 Å². The quantitative estimate of drug-likeness (QED) is 0.896. The van der Waals surface area contributed by atoms with Gasteiger partial charge < -0.3 is 5.11 Å². The van der Waals surface area contributed by atoms with Crippen LogP contribution in [-0.2, 0) is 0 Å². The van der Waals surface area contributed by atoms with E-state index in [1.165, 1.54) is 24.0 Å². The summed E-state index contributed by atoms with van der Waals surface area (Å²) in [6, 6.07) is 8.98. The Morgan fingerprint density at radius 2 is 1.70 bits per heavy atom. The highest BCUT2D eigenvalue weighted by molar-refractivity contribution is 5.67. The number of amides is 1. The van der Waals surface area contributed by atoms with Crippen LogP contribution in [0.3, 0.4) is 0 Å². The SMILES string of the molecule is CC(C)(C)N(C(=O)O)[C@@H]1C[C@H]1c1ccc(C2CC2)cc1. The standard InChI is InChI=1S/C17H23NO2/c1-17(2,3)18(16(19)20)15-10-14(15)13-8-6-12(7-9-13)11-4-5-11/h6-9,11,14-15H,4-5,10H2,1-3H3,(H,19,20)/t14-,15+/m0/s1. The molecule has 1 aromatic rings. The van der Waals surface area contributed by atoms with Crippen molar-refractivity contribution in [3.8, 4) is 0 Å². The molecule has 2 aliphatic rings. The molecule has 108 valence electrons. The zero-order valence-corrected chi connectivity index (χ0v) is 12.5. The number of benzene rings is 1. The topological polar surface area (TPSA) is 40.5 Å². The molecule has 0 unspecified atom stereocenters. The maximum atomic E-state index is 11.5. The first-order chi connectivity index (χ1) is 9.38. The van der Waals surface area contributed by atoms with Crippen molar-refractivity contribution in [2.45, 2.75) is 63.5 Å². The average Bonchev–Trinajstić information content (AvgIpc) is 3.22. The minimum absolute atomic E-state index is 0.138. The van der Waals surface area contributed by atoms with Crippen LogP contribution >= 0.6 is 0 Å². The van der Waals surface area contributed by atoms with Crippen LogP contribution in [0.4, 0.5) is 4.79 Å². The van der Waals surface area contributed by atoms with E-state index in [0.717, 1.165) is 12.3 Å². The highest BCUT2D eigenvalue weighted by Gasteiger charge is 2.48. The zero-order chi connectivity index (χ0) is 14.5. The van der Waals surface area contributed by atoms with Crippen LogP contribution in [0, 0.1) is 0 Å².